The number of aryl methyl sites for hydroxylation is 2. The highest BCUT2D eigenvalue weighted by molar-refractivity contribution is 5.83. The van der Waals surface area contributed by atoms with Crippen LogP contribution in [0.25, 0.3) is 10.9 Å². The summed E-state index contributed by atoms with van der Waals surface area (Å²) in [6.45, 7) is 7.57. The summed E-state index contributed by atoms with van der Waals surface area (Å²) >= 11 is 0. The normalized spacial score (nSPS) is 18.2. The van der Waals surface area contributed by atoms with Crippen LogP contribution in [0.15, 0.2) is 53.3 Å². The first-order valence-electron chi connectivity index (χ1n) is 13.0. The number of H-pyrrole nitrogens is 1. The van der Waals surface area contributed by atoms with E-state index in [1.165, 1.54) is 18.5 Å². The second kappa shape index (κ2) is 9.50. The number of pyridine rings is 1. The van der Waals surface area contributed by atoms with Gasteiger partial charge in [0.25, 0.3) is 5.56 Å². The number of rotatable bonds is 5. The fraction of sp³-hybridized carbons (Fsp3) is 0.429. The monoisotopic (exact) mass is 483 g/mol. The molecule has 1 unspecified atom stereocenters. The van der Waals surface area contributed by atoms with Crippen LogP contribution in [0.2, 0.25) is 0 Å². The number of nitrogens with one attached hydrogen (secondary N) is 1. The number of para-hydroxylation sites is 1. The zero-order valence-electron chi connectivity index (χ0n) is 21.0. The molecule has 2 aromatic carbocycles. The quantitative estimate of drug-likeness (QED) is 0.459. The van der Waals surface area contributed by atoms with Gasteiger partial charge >= 0.3 is 0 Å². The molecule has 36 heavy (non-hydrogen) atoms. The molecule has 1 saturated carbocycles. The summed E-state index contributed by atoms with van der Waals surface area (Å²) in [5.74, 6) is 0.782. The summed E-state index contributed by atoms with van der Waals surface area (Å²) in [4.78, 5) is 21.6. The van der Waals surface area contributed by atoms with Crippen LogP contribution in [-0.2, 0) is 0 Å². The first kappa shape index (κ1) is 22.9. The molecule has 1 atom stereocenters. The Morgan fingerprint density at radius 3 is 2.47 bits per heavy atom. The minimum atomic E-state index is -0.299. The Labute approximate surface area is 210 Å². The van der Waals surface area contributed by atoms with Crippen molar-refractivity contribution >= 4 is 16.6 Å². The highest BCUT2D eigenvalue weighted by atomic mass is 16.1. The number of benzene rings is 2. The van der Waals surface area contributed by atoms with E-state index in [0.717, 1.165) is 72.4 Å². The summed E-state index contributed by atoms with van der Waals surface area (Å²) in [6.07, 6.45) is 4.55. The van der Waals surface area contributed by atoms with Crippen molar-refractivity contribution < 1.29 is 0 Å². The van der Waals surface area contributed by atoms with Crippen LogP contribution in [0, 0.1) is 13.8 Å². The number of piperazine rings is 1. The molecule has 2 aromatic heterocycles. The van der Waals surface area contributed by atoms with Crippen LogP contribution in [0.3, 0.4) is 0 Å². The SMILES string of the molecule is Cc1cc(C)c2cc(C(c3nnnn3C3CCCC3)N3CCN(c4ccccc4)CC3)c(=O)[nH]c2c1. The molecule has 0 bridgehead atoms. The average molecular weight is 484 g/mol. The maximum Gasteiger partial charge on any atom is 0.253 e. The second-order valence-corrected chi connectivity index (χ2v) is 10.3. The van der Waals surface area contributed by atoms with Crippen LogP contribution in [0.1, 0.15) is 60.3 Å². The third kappa shape index (κ3) is 4.19. The third-order valence-corrected chi connectivity index (χ3v) is 7.87. The molecule has 8 heteroatoms. The first-order chi connectivity index (χ1) is 17.6. The molecule has 0 spiro atoms. The molecule has 4 aromatic rings. The molecule has 1 saturated heterocycles. The van der Waals surface area contributed by atoms with E-state index in [4.69, 9.17) is 0 Å². The fourth-order valence-electron chi connectivity index (χ4n) is 6.06. The molecule has 186 valence electrons. The Balaban J connectivity index is 1.42. The zero-order valence-corrected chi connectivity index (χ0v) is 21.0. The van der Waals surface area contributed by atoms with E-state index in [0.29, 0.717) is 6.04 Å². The van der Waals surface area contributed by atoms with E-state index in [2.05, 4.69) is 80.6 Å². The average Bonchev–Trinajstić information content (AvgIpc) is 3.58. The van der Waals surface area contributed by atoms with E-state index >= 15 is 0 Å². The molecule has 8 nitrogen and oxygen atoms in total. The van der Waals surface area contributed by atoms with E-state index in [1.807, 2.05) is 16.8 Å². The molecule has 2 fully saturated rings. The lowest BCUT2D eigenvalue weighted by atomic mass is 9.99. The predicted molar refractivity (Wildman–Crippen MR) is 141 cm³/mol. The fourth-order valence-corrected chi connectivity index (χ4v) is 6.06. The Hall–Kier alpha value is -3.52. The van der Waals surface area contributed by atoms with Crippen molar-refractivity contribution in [2.45, 2.75) is 51.6 Å². The number of anilines is 1. The van der Waals surface area contributed by atoms with Crippen molar-refractivity contribution in [2.24, 2.45) is 0 Å². The van der Waals surface area contributed by atoms with Crippen molar-refractivity contribution in [3.8, 4) is 0 Å². The summed E-state index contributed by atoms with van der Waals surface area (Å²) < 4.78 is 2.01. The summed E-state index contributed by atoms with van der Waals surface area (Å²) in [5.41, 5.74) is 5.07. The van der Waals surface area contributed by atoms with Gasteiger partial charge in [0, 0.05) is 48.3 Å². The number of aromatic nitrogens is 5. The van der Waals surface area contributed by atoms with Crippen LogP contribution in [0.4, 0.5) is 5.69 Å². The highest BCUT2D eigenvalue weighted by Crippen LogP contribution is 2.34. The van der Waals surface area contributed by atoms with Gasteiger partial charge in [-0.1, -0.05) is 37.1 Å². The Morgan fingerprint density at radius 2 is 1.72 bits per heavy atom. The van der Waals surface area contributed by atoms with Gasteiger partial charge in [0.2, 0.25) is 0 Å². The van der Waals surface area contributed by atoms with Gasteiger partial charge in [0.1, 0.15) is 6.04 Å². The van der Waals surface area contributed by atoms with Gasteiger partial charge in [-0.05, 0) is 72.5 Å². The van der Waals surface area contributed by atoms with Crippen LogP contribution >= 0.6 is 0 Å². The zero-order chi connectivity index (χ0) is 24.6. The summed E-state index contributed by atoms with van der Waals surface area (Å²) in [6, 6.07) is 16.8. The molecular formula is C28H33N7O. The van der Waals surface area contributed by atoms with Gasteiger partial charge in [-0.3, -0.25) is 9.69 Å². The van der Waals surface area contributed by atoms with Crippen LogP contribution in [-0.4, -0.2) is 56.3 Å². The van der Waals surface area contributed by atoms with Gasteiger partial charge < -0.3 is 9.88 Å². The molecule has 6 rings (SSSR count). The maximum absolute atomic E-state index is 13.6. The minimum absolute atomic E-state index is 0.0658. The minimum Gasteiger partial charge on any atom is -0.369 e. The number of hydrogen-bond donors (Lipinski definition) is 1. The van der Waals surface area contributed by atoms with E-state index in [-0.39, 0.29) is 11.6 Å². The predicted octanol–water partition coefficient (Wildman–Crippen LogP) is 4.16. The standard InChI is InChI=1S/C28H33N7O/c1-19-16-20(2)23-18-24(28(36)29-25(23)17-19)26(27-30-31-32-35(27)22-10-6-7-11-22)34-14-12-33(13-15-34)21-8-4-3-5-9-21/h3-5,8-9,16-18,22,26H,6-7,10-15H2,1-2H3,(H,29,36). The number of aromatic amines is 1. The molecule has 0 amide bonds. The molecule has 2 aliphatic rings. The highest BCUT2D eigenvalue weighted by Gasteiger charge is 2.34. The van der Waals surface area contributed by atoms with Crippen molar-refractivity contribution in [1.82, 2.24) is 30.1 Å². The van der Waals surface area contributed by atoms with Gasteiger partial charge in [-0.15, -0.1) is 5.10 Å². The number of nitrogens with zero attached hydrogens (tertiary/aromatic N) is 6. The van der Waals surface area contributed by atoms with Gasteiger partial charge in [0.05, 0.1) is 6.04 Å². The molecule has 1 aliphatic heterocycles. The lowest BCUT2D eigenvalue weighted by Crippen LogP contribution is -2.49. The smallest absolute Gasteiger partial charge is 0.253 e. The van der Waals surface area contributed by atoms with E-state index < -0.39 is 0 Å². The first-order valence-corrected chi connectivity index (χ1v) is 13.0. The largest absolute Gasteiger partial charge is 0.369 e. The third-order valence-electron chi connectivity index (χ3n) is 7.87. The Bertz CT molecular complexity index is 1410. The van der Waals surface area contributed by atoms with E-state index in [9.17, 15) is 4.79 Å². The number of fused-ring (bicyclic) bond motifs is 1. The van der Waals surface area contributed by atoms with Gasteiger partial charge in [-0.2, -0.15) is 0 Å². The molecule has 1 aliphatic carbocycles. The Kier molecular flexibility index (Phi) is 6.05. The van der Waals surface area contributed by atoms with Crippen molar-refractivity contribution in [3.63, 3.8) is 0 Å². The van der Waals surface area contributed by atoms with Gasteiger partial charge in [-0.25, -0.2) is 4.68 Å². The Morgan fingerprint density at radius 1 is 0.972 bits per heavy atom. The number of tetrazole rings is 1. The van der Waals surface area contributed by atoms with Crippen LogP contribution in [0.5, 0.6) is 0 Å². The molecule has 3 heterocycles. The van der Waals surface area contributed by atoms with Gasteiger partial charge in [0.15, 0.2) is 5.82 Å². The topological polar surface area (TPSA) is 82.9 Å². The lowest BCUT2D eigenvalue weighted by Gasteiger charge is -2.39. The summed E-state index contributed by atoms with van der Waals surface area (Å²) in [5, 5.41) is 14.1. The van der Waals surface area contributed by atoms with Crippen LogP contribution < -0.4 is 10.5 Å². The second-order valence-electron chi connectivity index (χ2n) is 10.3. The molecular weight excluding hydrogens is 450 g/mol. The van der Waals surface area contributed by atoms with Crippen molar-refractivity contribution in [1.29, 1.82) is 0 Å². The molecule has 0 radical (unpaired) electrons. The summed E-state index contributed by atoms with van der Waals surface area (Å²) in [7, 11) is 0. The lowest BCUT2D eigenvalue weighted by molar-refractivity contribution is 0.197. The van der Waals surface area contributed by atoms with E-state index in [1.54, 1.807) is 0 Å². The van der Waals surface area contributed by atoms with Crippen molar-refractivity contribution in [2.75, 3.05) is 31.1 Å². The number of hydrogen-bond acceptors (Lipinski definition) is 6. The molecule has 1 N–H and O–H groups in total. The van der Waals surface area contributed by atoms with Crippen molar-refractivity contribution in [3.05, 3.63) is 81.4 Å². The maximum atomic E-state index is 13.6.